The van der Waals surface area contributed by atoms with Crippen molar-refractivity contribution in [2.75, 3.05) is 13.2 Å². The topological polar surface area (TPSA) is 40.5 Å². The molecule has 0 aliphatic rings. The average Bonchev–Trinajstić information content (AvgIpc) is 2.33. The molecule has 1 aromatic carbocycles. The Morgan fingerprint density at radius 2 is 1.65 bits per heavy atom. The predicted octanol–water partition coefficient (Wildman–Crippen LogP) is 3.31. The van der Waals surface area contributed by atoms with E-state index in [1.54, 1.807) is 18.2 Å². The molecule has 96 valence electrons. The zero-order valence-corrected chi connectivity index (χ0v) is 11.4. The van der Waals surface area contributed by atoms with Crippen LogP contribution < -0.4 is 0 Å². The molecule has 17 heavy (non-hydrogen) atoms. The molecule has 0 aliphatic carbocycles. The lowest BCUT2D eigenvalue weighted by molar-refractivity contribution is 0.0466. The maximum absolute atomic E-state index is 9.50. The summed E-state index contributed by atoms with van der Waals surface area (Å²) >= 11 is 12.2. The van der Waals surface area contributed by atoms with Gasteiger partial charge in [0.25, 0.3) is 0 Å². The number of aliphatic hydroxyl groups excluding tert-OH is 2. The van der Waals surface area contributed by atoms with Crippen LogP contribution in [0, 0.1) is 5.41 Å². The van der Waals surface area contributed by atoms with Crippen molar-refractivity contribution in [1.29, 1.82) is 0 Å². The van der Waals surface area contributed by atoms with Gasteiger partial charge in [0.1, 0.15) is 0 Å². The van der Waals surface area contributed by atoms with Gasteiger partial charge in [0.2, 0.25) is 0 Å². The van der Waals surface area contributed by atoms with Crippen molar-refractivity contribution in [3.63, 3.8) is 0 Å². The summed E-state index contributed by atoms with van der Waals surface area (Å²) in [6.45, 7) is 1.88. The molecule has 1 aromatic rings. The van der Waals surface area contributed by atoms with Gasteiger partial charge in [-0.3, -0.25) is 0 Å². The van der Waals surface area contributed by atoms with Gasteiger partial charge in [-0.25, -0.2) is 0 Å². The minimum Gasteiger partial charge on any atom is -0.396 e. The summed E-state index contributed by atoms with van der Waals surface area (Å²) in [5.74, 6) is 0. The molecule has 0 atom stereocenters. The molecular weight excluding hydrogens is 259 g/mol. The van der Waals surface area contributed by atoms with E-state index in [0.29, 0.717) is 16.5 Å². The number of halogens is 2. The van der Waals surface area contributed by atoms with Crippen LogP contribution in [0.15, 0.2) is 18.2 Å². The van der Waals surface area contributed by atoms with E-state index >= 15 is 0 Å². The van der Waals surface area contributed by atoms with E-state index in [4.69, 9.17) is 23.2 Å². The maximum atomic E-state index is 9.50. The fourth-order valence-electron chi connectivity index (χ4n) is 2.01. The summed E-state index contributed by atoms with van der Waals surface area (Å²) in [5, 5.41) is 20.2. The summed E-state index contributed by atoms with van der Waals surface area (Å²) in [5.41, 5.74) is 0.260. The zero-order valence-electron chi connectivity index (χ0n) is 9.92. The number of hydrogen-bond donors (Lipinski definition) is 2. The molecule has 0 saturated carbocycles. The van der Waals surface area contributed by atoms with E-state index in [2.05, 4.69) is 0 Å². The molecule has 0 aliphatic heterocycles. The van der Waals surface area contributed by atoms with Gasteiger partial charge < -0.3 is 10.2 Å². The van der Waals surface area contributed by atoms with Crippen molar-refractivity contribution >= 4 is 23.2 Å². The van der Waals surface area contributed by atoms with Crippen LogP contribution in [0.1, 0.15) is 25.3 Å². The van der Waals surface area contributed by atoms with Crippen LogP contribution in [0.3, 0.4) is 0 Å². The fraction of sp³-hybridized carbons (Fsp3) is 0.538. The highest BCUT2D eigenvalue weighted by Crippen LogP contribution is 2.34. The molecule has 0 unspecified atom stereocenters. The predicted molar refractivity (Wildman–Crippen MR) is 71.7 cm³/mol. The van der Waals surface area contributed by atoms with Crippen LogP contribution in [0.5, 0.6) is 0 Å². The Labute approximate surface area is 112 Å². The smallest absolute Gasteiger partial charge is 0.0512 e. The second-order valence-corrected chi connectivity index (χ2v) is 5.26. The molecule has 2 nitrogen and oxygen atoms in total. The summed E-state index contributed by atoms with van der Waals surface area (Å²) < 4.78 is 0. The van der Waals surface area contributed by atoms with Crippen molar-refractivity contribution in [3.05, 3.63) is 33.8 Å². The lowest BCUT2D eigenvalue weighted by Gasteiger charge is -2.30. The molecule has 4 heteroatoms. The Hall–Kier alpha value is -0.280. The molecule has 0 heterocycles. The van der Waals surface area contributed by atoms with E-state index in [1.807, 2.05) is 6.92 Å². The second-order valence-electron chi connectivity index (χ2n) is 4.44. The maximum Gasteiger partial charge on any atom is 0.0512 e. The summed E-state index contributed by atoms with van der Waals surface area (Å²) in [6.07, 6.45) is 2.12. The highest BCUT2D eigenvalue weighted by Gasteiger charge is 2.29. The van der Waals surface area contributed by atoms with Gasteiger partial charge in [-0.05, 0) is 30.5 Å². The molecule has 0 bridgehead atoms. The van der Waals surface area contributed by atoms with Gasteiger partial charge in [0, 0.05) is 15.5 Å². The Morgan fingerprint density at radius 1 is 1.12 bits per heavy atom. The molecule has 0 fully saturated rings. The van der Waals surface area contributed by atoms with E-state index < -0.39 is 5.41 Å². The highest BCUT2D eigenvalue weighted by atomic mass is 35.5. The van der Waals surface area contributed by atoms with Gasteiger partial charge >= 0.3 is 0 Å². The van der Waals surface area contributed by atoms with Crippen molar-refractivity contribution in [3.8, 4) is 0 Å². The Bertz CT molecular complexity index is 342. The number of benzene rings is 1. The number of hydrogen-bond acceptors (Lipinski definition) is 2. The van der Waals surface area contributed by atoms with Crippen LogP contribution in [-0.4, -0.2) is 23.4 Å². The largest absolute Gasteiger partial charge is 0.396 e. The second kappa shape index (κ2) is 6.60. The monoisotopic (exact) mass is 276 g/mol. The van der Waals surface area contributed by atoms with Gasteiger partial charge in [-0.2, -0.15) is 0 Å². The number of aliphatic hydroxyl groups is 2. The first-order valence-electron chi connectivity index (χ1n) is 5.73. The third kappa shape index (κ3) is 3.59. The van der Waals surface area contributed by atoms with Gasteiger partial charge in [-0.1, -0.05) is 42.6 Å². The first kappa shape index (κ1) is 14.8. The van der Waals surface area contributed by atoms with Gasteiger partial charge in [-0.15, -0.1) is 0 Å². The molecule has 0 amide bonds. The van der Waals surface area contributed by atoms with Gasteiger partial charge in [0.05, 0.1) is 13.2 Å². The first-order chi connectivity index (χ1) is 8.08. The lowest BCUT2D eigenvalue weighted by atomic mass is 9.79. The third-order valence-electron chi connectivity index (χ3n) is 3.06. The molecule has 0 radical (unpaired) electrons. The van der Waals surface area contributed by atoms with Crippen molar-refractivity contribution in [2.24, 2.45) is 5.41 Å². The quantitative estimate of drug-likeness (QED) is 0.837. The zero-order chi connectivity index (χ0) is 12.9. The third-order valence-corrected chi connectivity index (χ3v) is 3.77. The van der Waals surface area contributed by atoms with Crippen LogP contribution in [0.2, 0.25) is 10.0 Å². The highest BCUT2D eigenvalue weighted by molar-refractivity contribution is 6.36. The molecule has 1 rings (SSSR count). The SMILES string of the molecule is CCCC(CO)(CO)Cc1c(Cl)cccc1Cl. The van der Waals surface area contributed by atoms with Crippen LogP contribution in [0.25, 0.3) is 0 Å². The summed E-state index contributed by atoms with van der Waals surface area (Å²) in [6, 6.07) is 5.33. The normalized spacial score (nSPS) is 11.8. The van der Waals surface area contributed by atoms with Crippen molar-refractivity contribution in [1.82, 2.24) is 0 Å². The van der Waals surface area contributed by atoms with E-state index in [9.17, 15) is 10.2 Å². The molecule has 0 saturated heterocycles. The Balaban J connectivity index is 3.01. The van der Waals surface area contributed by atoms with Crippen LogP contribution in [-0.2, 0) is 6.42 Å². The van der Waals surface area contributed by atoms with Crippen LogP contribution in [0.4, 0.5) is 0 Å². The molecular formula is C13H18Cl2O2. The first-order valence-corrected chi connectivity index (χ1v) is 6.49. The van der Waals surface area contributed by atoms with Crippen LogP contribution >= 0.6 is 23.2 Å². The Morgan fingerprint density at radius 3 is 2.06 bits per heavy atom. The minimum atomic E-state index is -0.538. The van der Waals surface area contributed by atoms with Gasteiger partial charge in [0.15, 0.2) is 0 Å². The van der Waals surface area contributed by atoms with E-state index in [1.165, 1.54) is 0 Å². The van der Waals surface area contributed by atoms with E-state index in [0.717, 1.165) is 18.4 Å². The van der Waals surface area contributed by atoms with E-state index in [-0.39, 0.29) is 13.2 Å². The summed E-state index contributed by atoms with van der Waals surface area (Å²) in [7, 11) is 0. The number of rotatable bonds is 6. The molecule has 2 N–H and O–H groups in total. The lowest BCUT2D eigenvalue weighted by Crippen LogP contribution is -2.32. The molecule has 0 aromatic heterocycles. The standard InChI is InChI=1S/C13H18Cl2O2/c1-2-6-13(8-16,9-17)7-10-11(14)4-3-5-12(10)15/h3-5,16-17H,2,6-9H2,1H3. The van der Waals surface area contributed by atoms with Crippen molar-refractivity contribution in [2.45, 2.75) is 26.2 Å². The summed E-state index contributed by atoms with van der Waals surface area (Å²) in [4.78, 5) is 0. The molecule has 0 spiro atoms. The van der Waals surface area contributed by atoms with Crippen molar-refractivity contribution < 1.29 is 10.2 Å². The minimum absolute atomic E-state index is 0.0705. The Kier molecular flexibility index (Phi) is 5.74. The fourth-order valence-corrected chi connectivity index (χ4v) is 2.55. The average molecular weight is 277 g/mol.